The molecule has 0 aliphatic carbocycles. The number of hydrogen-bond acceptors (Lipinski definition) is 2. The van der Waals surface area contributed by atoms with E-state index in [0.717, 1.165) is 5.56 Å². The summed E-state index contributed by atoms with van der Waals surface area (Å²) < 4.78 is 0. The molecular formula is C9H12N2. The van der Waals surface area contributed by atoms with Gasteiger partial charge in [-0.2, -0.15) is 0 Å². The summed E-state index contributed by atoms with van der Waals surface area (Å²) >= 11 is 0. The van der Waals surface area contributed by atoms with Gasteiger partial charge in [0.1, 0.15) is 0 Å². The molecular weight excluding hydrogens is 136 g/mol. The Morgan fingerprint density at radius 3 is 2.18 bits per heavy atom. The van der Waals surface area contributed by atoms with Gasteiger partial charge in [-0.25, -0.2) is 0 Å². The van der Waals surface area contributed by atoms with Crippen molar-refractivity contribution in [3.8, 4) is 0 Å². The van der Waals surface area contributed by atoms with E-state index in [-0.39, 0.29) is 0 Å². The molecule has 2 nitrogen and oxygen atoms in total. The third-order valence-corrected chi connectivity index (χ3v) is 1.56. The number of hydrogen-bond donors (Lipinski definition) is 2. The van der Waals surface area contributed by atoms with E-state index in [9.17, 15) is 0 Å². The van der Waals surface area contributed by atoms with Gasteiger partial charge in [0.15, 0.2) is 0 Å². The fourth-order valence-electron chi connectivity index (χ4n) is 0.911. The third kappa shape index (κ3) is 2.33. The molecule has 3 N–H and O–H groups in total. The summed E-state index contributed by atoms with van der Waals surface area (Å²) in [5, 5.41) is 2.59. The van der Waals surface area contributed by atoms with Crippen LogP contribution in [0.5, 0.6) is 0 Å². The summed E-state index contributed by atoms with van der Waals surface area (Å²) in [4.78, 5) is 0. The van der Waals surface area contributed by atoms with E-state index < -0.39 is 0 Å². The number of benzene rings is 1. The van der Waals surface area contributed by atoms with E-state index in [0.29, 0.717) is 13.1 Å². The van der Waals surface area contributed by atoms with Crippen LogP contribution < -0.4 is 11.1 Å². The molecule has 0 aliphatic heterocycles. The molecule has 0 aliphatic rings. The normalized spacial score (nSPS) is 10.0. The van der Waals surface area contributed by atoms with Gasteiger partial charge >= 0.3 is 0 Å². The maximum atomic E-state index is 5.43. The monoisotopic (exact) mass is 148 g/mol. The first kappa shape index (κ1) is 8.24. The van der Waals surface area contributed by atoms with Crippen LogP contribution in [-0.2, 0) is 13.1 Å². The number of nitrogens with one attached hydrogen (secondary N) is 1. The summed E-state index contributed by atoms with van der Waals surface area (Å²) in [5.41, 5.74) is 7.75. The van der Waals surface area contributed by atoms with Crippen LogP contribution in [0.15, 0.2) is 24.3 Å². The largest absolute Gasteiger partial charge is 0.326 e. The van der Waals surface area contributed by atoms with Gasteiger partial charge in [0, 0.05) is 20.1 Å². The van der Waals surface area contributed by atoms with Crippen LogP contribution in [0.2, 0.25) is 0 Å². The second kappa shape index (κ2) is 4.11. The van der Waals surface area contributed by atoms with E-state index in [4.69, 9.17) is 12.8 Å². The van der Waals surface area contributed by atoms with Gasteiger partial charge in [-0.1, -0.05) is 24.3 Å². The van der Waals surface area contributed by atoms with Crippen molar-refractivity contribution in [3.63, 3.8) is 0 Å². The second-order valence-corrected chi connectivity index (χ2v) is 2.40. The lowest BCUT2D eigenvalue weighted by Gasteiger charge is -2.00. The second-order valence-electron chi connectivity index (χ2n) is 2.40. The van der Waals surface area contributed by atoms with Crippen LogP contribution >= 0.6 is 0 Å². The molecule has 2 heteroatoms. The van der Waals surface area contributed by atoms with Crippen LogP contribution in [0.3, 0.4) is 0 Å². The molecule has 1 rings (SSSR count). The third-order valence-electron chi connectivity index (χ3n) is 1.56. The molecule has 0 saturated carbocycles. The summed E-state index contributed by atoms with van der Waals surface area (Å²) in [6.07, 6.45) is 0. The van der Waals surface area contributed by atoms with Gasteiger partial charge in [0.05, 0.1) is 0 Å². The van der Waals surface area contributed by atoms with Crippen LogP contribution in [0.4, 0.5) is 0 Å². The Hall–Kier alpha value is -0.860. The van der Waals surface area contributed by atoms with E-state index >= 15 is 0 Å². The minimum absolute atomic E-state index is 0.594. The van der Waals surface area contributed by atoms with Crippen molar-refractivity contribution in [2.45, 2.75) is 13.1 Å². The zero-order chi connectivity index (χ0) is 8.10. The first-order chi connectivity index (χ1) is 5.36. The van der Waals surface area contributed by atoms with Crippen molar-refractivity contribution in [2.24, 2.45) is 5.73 Å². The molecule has 2 radical (unpaired) electrons. The molecule has 0 bridgehead atoms. The number of nitrogens with two attached hydrogens (primary N) is 1. The van der Waals surface area contributed by atoms with Gasteiger partial charge in [-0.05, 0) is 11.1 Å². The van der Waals surface area contributed by atoms with Crippen molar-refractivity contribution in [2.75, 3.05) is 0 Å². The summed E-state index contributed by atoms with van der Waals surface area (Å²) in [7, 11) is 5.16. The molecule has 0 heterocycles. The SMILES string of the molecule is [CH]NCc1ccc(CN)cc1. The van der Waals surface area contributed by atoms with Crippen molar-refractivity contribution in [3.05, 3.63) is 42.4 Å². The highest BCUT2D eigenvalue weighted by Gasteiger charge is 1.90. The van der Waals surface area contributed by atoms with Crippen LogP contribution in [0, 0.1) is 7.05 Å². The fraction of sp³-hybridized carbons (Fsp3) is 0.222. The van der Waals surface area contributed by atoms with E-state index in [1.165, 1.54) is 5.56 Å². The maximum Gasteiger partial charge on any atom is 0.0410 e. The van der Waals surface area contributed by atoms with Gasteiger partial charge < -0.3 is 11.1 Å². The molecule has 0 aromatic heterocycles. The predicted molar refractivity (Wildman–Crippen MR) is 45.5 cm³/mol. The number of rotatable bonds is 3. The quantitative estimate of drug-likeness (QED) is 0.625. The average molecular weight is 148 g/mol. The predicted octanol–water partition coefficient (Wildman–Crippen LogP) is 0.903. The van der Waals surface area contributed by atoms with E-state index in [1.54, 1.807) is 0 Å². The Bertz CT molecular complexity index is 203. The topological polar surface area (TPSA) is 38.0 Å². The molecule has 0 saturated heterocycles. The highest BCUT2D eigenvalue weighted by Crippen LogP contribution is 2.02. The van der Waals surface area contributed by atoms with Crippen LogP contribution in [0.1, 0.15) is 11.1 Å². The van der Waals surface area contributed by atoms with Crippen LogP contribution in [-0.4, -0.2) is 0 Å². The van der Waals surface area contributed by atoms with Crippen molar-refractivity contribution >= 4 is 0 Å². The molecule has 0 atom stereocenters. The molecule has 1 aromatic rings. The highest BCUT2D eigenvalue weighted by atomic mass is 14.8. The smallest absolute Gasteiger partial charge is 0.0410 e. The Labute approximate surface area is 67.4 Å². The molecule has 58 valence electrons. The molecule has 1 aromatic carbocycles. The van der Waals surface area contributed by atoms with Crippen molar-refractivity contribution in [1.29, 1.82) is 0 Å². The van der Waals surface area contributed by atoms with Gasteiger partial charge in [-0.15, -0.1) is 0 Å². The fourth-order valence-corrected chi connectivity index (χ4v) is 0.911. The maximum absolute atomic E-state index is 5.43. The Morgan fingerprint density at radius 1 is 1.18 bits per heavy atom. The first-order valence-corrected chi connectivity index (χ1v) is 3.58. The molecule has 0 spiro atoms. The molecule has 0 unspecified atom stereocenters. The Kier molecular flexibility index (Phi) is 3.08. The summed E-state index contributed by atoms with van der Waals surface area (Å²) in [6.45, 7) is 1.29. The zero-order valence-electron chi connectivity index (χ0n) is 6.38. The molecule has 11 heavy (non-hydrogen) atoms. The zero-order valence-corrected chi connectivity index (χ0v) is 6.38. The standard InChI is InChI=1S/C9H12N2/c1-11-7-9-4-2-8(6-10)3-5-9/h1-5,11H,6-7,10H2. The molecule has 0 amide bonds. The van der Waals surface area contributed by atoms with Gasteiger partial charge in [-0.3, -0.25) is 0 Å². The molecule has 0 fully saturated rings. The lowest BCUT2D eigenvalue weighted by molar-refractivity contribution is 0.864. The Balaban J connectivity index is 2.66. The summed E-state index contributed by atoms with van der Waals surface area (Å²) in [6, 6.07) is 8.05. The minimum atomic E-state index is 0.594. The van der Waals surface area contributed by atoms with Gasteiger partial charge in [0.2, 0.25) is 0 Å². The van der Waals surface area contributed by atoms with Crippen molar-refractivity contribution < 1.29 is 0 Å². The van der Waals surface area contributed by atoms with Crippen molar-refractivity contribution in [1.82, 2.24) is 5.32 Å². The van der Waals surface area contributed by atoms with Gasteiger partial charge in [0.25, 0.3) is 0 Å². The van der Waals surface area contributed by atoms with Crippen LogP contribution in [0.25, 0.3) is 0 Å². The Morgan fingerprint density at radius 2 is 1.73 bits per heavy atom. The minimum Gasteiger partial charge on any atom is -0.326 e. The first-order valence-electron chi connectivity index (χ1n) is 3.58. The van der Waals surface area contributed by atoms with E-state index in [1.807, 2.05) is 24.3 Å². The van der Waals surface area contributed by atoms with E-state index in [2.05, 4.69) is 5.32 Å². The lowest BCUT2D eigenvalue weighted by atomic mass is 10.1. The lowest BCUT2D eigenvalue weighted by Crippen LogP contribution is -2.02. The highest BCUT2D eigenvalue weighted by molar-refractivity contribution is 5.22. The summed E-state index contributed by atoms with van der Waals surface area (Å²) in [5.74, 6) is 0. The average Bonchev–Trinajstić information content (AvgIpc) is 2.07.